The van der Waals surface area contributed by atoms with Crippen LogP contribution < -0.4 is 9.80 Å². The lowest BCUT2D eigenvalue weighted by Gasteiger charge is -2.30. The minimum atomic E-state index is 0.152. The van der Waals surface area contributed by atoms with Gasteiger partial charge in [0.15, 0.2) is 5.58 Å². The smallest absolute Gasteiger partial charge is 0.227 e. The Morgan fingerprint density at radius 2 is 1.59 bits per heavy atom. The SMILES string of the molecule is Cc1ccc2c(n1)oc1c(N3C=CN(c4ccccc4)[C@@H]3C)c(C)ccc12. The number of pyridine rings is 1. The molecule has 0 saturated carbocycles. The van der Waals surface area contributed by atoms with E-state index in [1.54, 1.807) is 0 Å². The highest BCUT2D eigenvalue weighted by atomic mass is 16.3. The number of rotatable bonds is 2. The average Bonchev–Trinajstić information content (AvgIpc) is 3.22. The first-order chi connectivity index (χ1) is 13.1. The molecule has 5 rings (SSSR count). The van der Waals surface area contributed by atoms with Crippen molar-refractivity contribution < 1.29 is 4.42 Å². The third-order valence-corrected chi connectivity index (χ3v) is 5.33. The number of fused-ring (bicyclic) bond motifs is 3. The van der Waals surface area contributed by atoms with Gasteiger partial charge in [0.05, 0.1) is 5.69 Å². The van der Waals surface area contributed by atoms with Crippen molar-refractivity contribution in [3.8, 4) is 0 Å². The van der Waals surface area contributed by atoms with E-state index in [-0.39, 0.29) is 6.17 Å². The molecule has 1 aliphatic rings. The molecule has 0 bridgehead atoms. The predicted molar refractivity (Wildman–Crippen MR) is 111 cm³/mol. The van der Waals surface area contributed by atoms with E-state index in [0.717, 1.165) is 27.7 Å². The first kappa shape index (κ1) is 15.9. The van der Waals surface area contributed by atoms with Crippen molar-refractivity contribution in [1.29, 1.82) is 0 Å². The van der Waals surface area contributed by atoms with Gasteiger partial charge >= 0.3 is 0 Å². The van der Waals surface area contributed by atoms with E-state index in [2.05, 4.69) is 83.5 Å². The second-order valence-corrected chi connectivity index (χ2v) is 7.10. The van der Waals surface area contributed by atoms with Crippen molar-refractivity contribution in [3.05, 3.63) is 78.3 Å². The molecule has 0 saturated heterocycles. The Morgan fingerprint density at radius 3 is 2.41 bits per heavy atom. The van der Waals surface area contributed by atoms with Gasteiger partial charge < -0.3 is 14.2 Å². The molecular weight excluding hydrogens is 334 g/mol. The Balaban J connectivity index is 1.66. The minimum Gasteiger partial charge on any atom is -0.435 e. The van der Waals surface area contributed by atoms with Crippen molar-refractivity contribution >= 4 is 33.4 Å². The van der Waals surface area contributed by atoms with Gasteiger partial charge in [-0.05, 0) is 50.6 Å². The van der Waals surface area contributed by atoms with Crippen molar-refractivity contribution in [2.45, 2.75) is 26.9 Å². The number of hydrogen-bond donors (Lipinski definition) is 0. The summed E-state index contributed by atoms with van der Waals surface area (Å²) < 4.78 is 6.24. The van der Waals surface area contributed by atoms with Gasteiger partial charge in [-0.2, -0.15) is 0 Å². The summed E-state index contributed by atoms with van der Waals surface area (Å²) in [4.78, 5) is 9.12. The van der Waals surface area contributed by atoms with Gasteiger partial charge in [-0.15, -0.1) is 0 Å². The number of aryl methyl sites for hydroxylation is 2. The number of nitrogens with zero attached hydrogens (tertiary/aromatic N) is 3. The molecule has 27 heavy (non-hydrogen) atoms. The van der Waals surface area contributed by atoms with E-state index in [1.807, 2.05) is 19.1 Å². The van der Waals surface area contributed by atoms with E-state index in [4.69, 9.17) is 4.42 Å². The van der Waals surface area contributed by atoms with Gasteiger partial charge in [0.2, 0.25) is 5.71 Å². The largest absolute Gasteiger partial charge is 0.435 e. The van der Waals surface area contributed by atoms with Gasteiger partial charge in [0.1, 0.15) is 6.17 Å². The van der Waals surface area contributed by atoms with E-state index < -0.39 is 0 Å². The Labute approximate surface area is 158 Å². The number of para-hydroxylation sites is 1. The average molecular weight is 355 g/mol. The van der Waals surface area contributed by atoms with Crippen molar-refractivity contribution in [3.63, 3.8) is 0 Å². The minimum absolute atomic E-state index is 0.152. The summed E-state index contributed by atoms with van der Waals surface area (Å²) >= 11 is 0. The van der Waals surface area contributed by atoms with Crippen LogP contribution in [-0.2, 0) is 0 Å². The molecule has 0 N–H and O–H groups in total. The zero-order valence-electron chi connectivity index (χ0n) is 15.7. The molecule has 3 heterocycles. The standard InChI is InChI=1S/C23H21N3O/c1-15-9-11-19-20-12-10-16(2)24-23(20)27-22(19)21(15)26-14-13-25(17(26)3)18-7-5-4-6-8-18/h4-14,17H,1-3H3/t17-/m0/s1. The van der Waals surface area contributed by atoms with Crippen LogP contribution in [0.5, 0.6) is 0 Å². The van der Waals surface area contributed by atoms with E-state index in [9.17, 15) is 0 Å². The van der Waals surface area contributed by atoms with E-state index in [1.165, 1.54) is 11.3 Å². The fourth-order valence-corrected chi connectivity index (χ4v) is 3.91. The van der Waals surface area contributed by atoms with Crippen molar-refractivity contribution in [1.82, 2.24) is 4.98 Å². The van der Waals surface area contributed by atoms with Crippen LogP contribution in [-0.4, -0.2) is 11.1 Å². The lowest BCUT2D eigenvalue weighted by atomic mass is 10.1. The molecule has 4 nitrogen and oxygen atoms in total. The summed E-state index contributed by atoms with van der Waals surface area (Å²) in [5.74, 6) is 0. The third-order valence-electron chi connectivity index (χ3n) is 5.33. The van der Waals surface area contributed by atoms with Crippen molar-refractivity contribution in [2.75, 3.05) is 9.80 Å². The molecule has 0 amide bonds. The Morgan fingerprint density at radius 1 is 0.852 bits per heavy atom. The molecule has 4 aromatic rings. The van der Waals surface area contributed by atoms with Crippen LogP contribution in [0.4, 0.5) is 11.4 Å². The van der Waals surface area contributed by atoms with Gasteiger partial charge in [-0.25, -0.2) is 4.98 Å². The molecule has 4 heteroatoms. The number of hydrogen-bond acceptors (Lipinski definition) is 4. The molecular formula is C23H21N3O. The Kier molecular flexibility index (Phi) is 3.47. The summed E-state index contributed by atoms with van der Waals surface area (Å²) in [6.07, 6.45) is 4.41. The van der Waals surface area contributed by atoms with Crippen LogP contribution in [0.1, 0.15) is 18.2 Å². The molecule has 2 aromatic heterocycles. The fourth-order valence-electron chi connectivity index (χ4n) is 3.91. The molecule has 2 aromatic carbocycles. The topological polar surface area (TPSA) is 32.5 Å². The summed E-state index contributed by atoms with van der Waals surface area (Å²) in [7, 11) is 0. The third kappa shape index (κ3) is 2.40. The second-order valence-electron chi connectivity index (χ2n) is 7.10. The van der Waals surface area contributed by atoms with E-state index in [0.29, 0.717) is 5.71 Å². The van der Waals surface area contributed by atoms with Gasteiger partial charge in [-0.3, -0.25) is 0 Å². The monoisotopic (exact) mass is 355 g/mol. The Hall–Kier alpha value is -3.27. The number of anilines is 2. The highest BCUT2D eigenvalue weighted by molar-refractivity contribution is 6.08. The van der Waals surface area contributed by atoms with Crippen LogP contribution in [0.3, 0.4) is 0 Å². The first-order valence-corrected chi connectivity index (χ1v) is 9.23. The zero-order valence-corrected chi connectivity index (χ0v) is 15.7. The van der Waals surface area contributed by atoms with Crippen LogP contribution in [0.15, 0.2) is 71.4 Å². The number of benzene rings is 2. The maximum absolute atomic E-state index is 6.24. The van der Waals surface area contributed by atoms with Crippen LogP contribution in [0.25, 0.3) is 22.1 Å². The summed E-state index contributed by atoms with van der Waals surface area (Å²) in [5.41, 5.74) is 6.03. The van der Waals surface area contributed by atoms with Crippen LogP contribution in [0, 0.1) is 13.8 Å². The lowest BCUT2D eigenvalue weighted by molar-refractivity contribution is 0.647. The number of aromatic nitrogens is 1. The molecule has 134 valence electrons. The molecule has 0 radical (unpaired) electrons. The molecule has 1 atom stereocenters. The molecule has 0 spiro atoms. The molecule has 0 aliphatic carbocycles. The Bertz CT molecular complexity index is 1180. The van der Waals surface area contributed by atoms with E-state index >= 15 is 0 Å². The fraction of sp³-hybridized carbons (Fsp3) is 0.174. The zero-order chi connectivity index (χ0) is 18.5. The second kappa shape index (κ2) is 5.88. The van der Waals surface area contributed by atoms with Gasteiger partial charge in [0.25, 0.3) is 0 Å². The first-order valence-electron chi connectivity index (χ1n) is 9.23. The van der Waals surface area contributed by atoms with Gasteiger partial charge in [-0.1, -0.05) is 30.3 Å². The van der Waals surface area contributed by atoms with Crippen LogP contribution >= 0.6 is 0 Å². The summed E-state index contributed by atoms with van der Waals surface area (Å²) in [6, 6.07) is 18.9. The summed E-state index contributed by atoms with van der Waals surface area (Å²) in [5, 5.41) is 2.17. The molecule has 1 aliphatic heterocycles. The summed E-state index contributed by atoms with van der Waals surface area (Å²) in [6.45, 7) is 6.32. The molecule has 0 fully saturated rings. The maximum atomic E-state index is 6.24. The quantitative estimate of drug-likeness (QED) is 0.459. The number of furan rings is 1. The normalized spacial score (nSPS) is 16.8. The predicted octanol–water partition coefficient (Wildman–Crippen LogP) is 5.74. The van der Waals surface area contributed by atoms with Crippen molar-refractivity contribution in [2.24, 2.45) is 0 Å². The lowest BCUT2D eigenvalue weighted by Crippen LogP contribution is -2.36. The highest BCUT2D eigenvalue weighted by Crippen LogP contribution is 2.40. The van der Waals surface area contributed by atoms with Crippen LogP contribution in [0.2, 0.25) is 0 Å². The highest BCUT2D eigenvalue weighted by Gasteiger charge is 2.28. The molecule has 0 unspecified atom stereocenters. The maximum Gasteiger partial charge on any atom is 0.227 e. The van der Waals surface area contributed by atoms with Gasteiger partial charge in [0, 0.05) is 34.6 Å².